The molecule has 0 spiro atoms. The van der Waals surface area contributed by atoms with Crippen LogP contribution >= 0.6 is 11.3 Å². The number of thiazole rings is 1. The number of benzene rings is 2. The number of amides is 2. The van der Waals surface area contributed by atoms with Crippen molar-refractivity contribution in [2.45, 2.75) is 18.2 Å². The molecule has 1 aromatic heterocycles. The Hall–Kier alpha value is -3.29. The molecular weight excluding hydrogens is 436 g/mol. The number of aromatic nitrogens is 1. The molecule has 0 atom stereocenters. The smallest absolute Gasteiger partial charge is 0.240 e. The summed E-state index contributed by atoms with van der Waals surface area (Å²) in [4.78, 5) is 28.3. The zero-order valence-corrected chi connectivity index (χ0v) is 18.3. The fourth-order valence-electron chi connectivity index (χ4n) is 2.84. The molecule has 0 saturated heterocycles. The molecule has 160 valence electrons. The summed E-state index contributed by atoms with van der Waals surface area (Å²) in [5, 5.41) is 13.9. The molecule has 0 aliphatic heterocycles. The Kier molecular flexibility index (Phi) is 6.99. The van der Waals surface area contributed by atoms with Gasteiger partial charge in [0, 0.05) is 0 Å². The second kappa shape index (κ2) is 9.68. The average molecular weight is 457 g/mol. The van der Waals surface area contributed by atoms with Gasteiger partial charge in [0.15, 0.2) is 9.84 Å². The predicted octanol–water partition coefficient (Wildman–Crippen LogP) is 2.06. The van der Waals surface area contributed by atoms with E-state index in [1.807, 2.05) is 24.3 Å². The van der Waals surface area contributed by atoms with Gasteiger partial charge >= 0.3 is 0 Å². The van der Waals surface area contributed by atoms with Crippen LogP contribution in [0.5, 0.6) is 0 Å². The number of nitrogens with zero attached hydrogens (tertiary/aromatic N) is 2. The van der Waals surface area contributed by atoms with Crippen molar-refractivity contribution >= 4 is 43.2 Å². The van der Waals surface area contributed by atoms with Gasteiger partial charge in [0.2, 0.25) is 11.8 Å². The molecule has 8 nitrogen and oxygen atoms in total. The molecular formula is C21H20N4O4S2. The lowest BCUT2D eigenvalue weighted by Crippen LogP contribution is -2.37. The van der Waals surface area contributed by atoms with Gasteiger partial charge in [0.05, 0.1) is 39.9 Å². The van der Waals surface area contributed by atoms with Crippen LogP contribution in [0.1, 0.15) is 11.9 Å². The van der Waals surface area contributed by atoms with Gasteiger partial charge in [-0.2, -0.15) is 5.26 Å². The maximum atomic E-state index is 12.2. The molecule has 10 heteroatoms. The SMILES string of the molecule is CCS(=O)(=O)c1cccc(-c2ccc3nc(CC(=O)NCC(=O)NCC#N)sc3c2)c1. The molecule has 0 radical (unpaired) electrons. The normalized spacial score (nSPS) is 11.1. The van der Waals surface area contributed by atoms with E-state index in [0.717, 1.165) is 21.3 Å². The maximum absolute atomic E-state index is 12.2. The second-order valence-corrected chi connectivity index (χ2v) is 10.0. The summed E-state index contributed by atoms with van der Waals surface area (Å²) >= 11 is 1.36. The zero-order valence-electron chi connectivity index (χ0n) is 16.7. The molecule has 0 aliphatic rings. The van der Waals surface area contributed by atoms with E-state index >= 15 is 0 Å². The monoisotopic (exact) mass is 456 g/mol. The lowest BCUT2D eigenvalue weighted by molar-refractivity contribution is -0.125. The molecule has 3 aromatic rings. The molecule has 3 rings (SSSR count). The highest BCUT2D eigenvalue weighted by molar-refractivity contribution is 7.91. The lowest BCUT2D eigenvalue weighted by atomic mass is 10.1. The standard InChI is InChI=1S/C21H20N4O4S2/c1-2-31(28,29)16-5-3-4-14(10-16)15-6-7-17-18(11-15)30-21(25-17)12-19(26)24-13-20(27)23-9-8-22/h3-7,10-11H,2,9,12-13H2,1H3,(H,23,27)(H,24,26). The molecule has 2 aromatic carbocycles. The highest BCUT2D eigenvalue weighted by Gasteiger charge is 2.14. The fraction of sp³-hybridized carbons (Fsp3) is 0.238. The third-order valence-corrected chi connectivity index (χ3v) is 7.21. The van der Waals surface area contributed by atoms with Crippen molar-refractivity contribution in [2.24, 2.45) is 0 Å². The highest BCUT2D eigenvalue weighted by Crippen LogP contribution is 2.29. The van der Waals surface area contributed by atoms with Crippen molar-refractivity contribution in [2.75, 3.05) is 18.8 Å². The van der Waals surface area contributed by atoms with E-state index in [4.69, 9.17) is 5.26 Å². The van der Waals surface area contributed by atoms with Gasteiger partial charge in [0.1, 0.15) is 11.6 Å². The quantitative estimate of drug-likeness (QED) is 0.499. The van der Waals surface area contributed by atoms with Crippen LogP contribution in [0.25, 0.3) is 21.3 Å². The molecule has 0 fully saturated rings. The number of rotatable bonds is 8. The third kappa shape index (κ3) is 5.65. The van der Waals surface area contributed by atoms with E-state index in [9.17, 15) is 18.0 Å². The molecule has 0 saturated carbocycles. The minimum absolute atomic E-state index is 0.0322. The first-order valence-corrected chi connectivity index (χ1v) is 11.9. The predicted molar refractivity (Wildman–Crippen MR) is 118 cm³/mol. The second-order valence-electron chi connectivity index (χ2n) is 6.61. The van der Waals surface area contributed by atoms with E-state index in [1.54, 1.807) is 31.2 Å². The Morgan fingerprint density at radius 3 is 2.61 bits per heavy atom. The molecule has 2 N–H and O–H groups in total. The lowest BCUT2D eigenvalue weighted by Gasteiger charge is -2.05. The molecule has 0 unspecified atom stereocenters. The summed E-state index contributed by atoms with van der Waals surface area (Å²) in [7, 11) is -3.30. The van der Waals surface area contributed by atoms with Crippen LogP contribution < -0.4 is 10.6 Å². The van der Waals surface area contributed by atoms with Crippen molar-refractivity contribution in [3.05, 3.63) is 47.5 Å². The molecule has 31 heavy (non-hydrogen) atoms. The van der Waals surface area contributed by atoms with Crippen LogP contribution in [0.2, 0.25) is 0 Å². The average Bonchev–Trinajstić information content (AvgIpc) is 3.17. The summed E-state index contributed by atoms with van der Waals surface area (Å²) in [6.45, 7) is 1.30. The minimum atomic E-state index is -3.30. The first kappa shape index (κ1) is 22.4. The number of hydrogen-bond acceptors (Lipinski definition) is 7. The van der Waals surface area contributed by atoms with Crippen LogP contribution in [-0.4, -0.2) is 44.1 Å². The van der Waals surface area contributed by atoms with E-state index < -0.39 is 15.7 Å². The van der Waals surface area contributed by atoms with Crippen LogP contribution in [-0.2, 0) is 25.8 Å². The van der Waals surface area contributed by atoms with Gasteiger partial charge in [0.25, 0.3) is 0 Å². The number of nitrogens with one attached hydrogen (secondary N) is 2. The Labute approximate surface area is 183 Å². The summed E-state index contributed by atoms with van der Waals surface area (Å²) < 4.78 is 25.2. The van der Waals surface area contributed by atoms with Gasteiger partial charge < -0.3 is 10.6 Å². The van der Waals surface area contributed by atoms with E-state index in [1.165, 1.54) is 11.3 Å². The summed E-state index contributed by atoms with van der Waals surface area (Å²) in [5.41, 5.74) is 2.38. The number of fused-ring (bicyclic) bond motifs is 1. The highest BCUT2D eigenvalue weighted by atomic mass is 32.2. The molecule has 1 heterocycles. The van der Waals surface area contributed by atoms with Crippen LogP contribution in [0.3, 0.4) is 0 Å². The van der Waals surface area contributed by atoms with Gasteiger partial charge in [-0.1, -0.05) is 25.1 Å². The fourth-order valence-corrected chi connectivity index (χ4v) is 4.77. The van der Waals surface area contributed by atoms with E-state index in [0.29, 0.717) is 5.01 Å². The van der Waals surface area contributed by atoms with Crippen molar-refractivity contribution in [3.8, 4) is 17.2 Å². The first-order valence-electron chi connectivity index (χ1n) is 9.45. The summed E-state index contributed by atoms with van der Waals surface area (Å²) in [6.07, 6.45) is 0.0322. The van der Waals surface area contributed by atoms with Gasteiger partial charge in [-0.05, 0) is 35.4 Å². The van der Waals surface area contributed by atoms with Crippen LogP contribution in [0.15, 0.2) is 47.4 Å². The molecule has 0 bridgehead atoms. The molecule has 2 amide bonds. The third-order valence-electron chi connectivity index (χ3n) is 4.46. The van der Waals surface area contributed by atoms with Crippen LogP contribution in [0, 0.1) is 11.3 Å². The maximum Gasteiger partial charge on any atom is 0.240 e. The Morgan fingerprint density at radius 2 is 1.87 bits per heavy atom. The Morgan fingerprint density at radius 1 is 1.10 bits per heavy atom. The minimum Gasteiger partial charge on any atom is -0.347 e. The Balaban J connectivity index is 1.74. The number of nitriles is 1. The number of sulfone groups is 1. The topological polar surface area (TPSA) is 129 Å². The van der Waals surface area contributed by atoms with Gasteiger partial charge in [-0.25, -0.2) is 13.4 Å². The summed E-state index contributed by atoms with van der Waals surface area (Å²) in [5.74, 6) is -0.740. The van der Waals surface area contributed by atoms with E-state index in [-0.39, 0.29) is 36.1 Å². The number of carbonyl (C=O) groups excluding carboxylic acids is 2. The number of carbonyl (C=O) groups is 2. The molecule has 0 aliphatic carbocycles. The summed E-state index contributed by atoms with van der Waals surface area (Å²) in [6, 6.07) is 14.2. The first-order chi connectivity index (χ1) is 14.8. The van der Waals surface area contributed by atoms with Crippen molar-refractivity contribution < 1.29 is 18.0 Å². The van der Waals surface area contributed by atoms with Gasteiger partial charge in [-0.3, -0.25) is 9.59 Å². The van der Waals surface area contributed by atoms with E-state index in [2.05, 4.69) is 15.6 Å². The Bertz CT molecular complexity index is 1280. The zero-order chi connectivity index (χ0) is 22.4. The van der Waals surface area contributed by atoms with Crippen LogP contribution in [0.4, 0.5) is 0 Å². The largest absolute Gasteiger partial charge is 0.347 e. The van der Waals surface area contributed by atoms with Crippen molar-refractivity contribution in [1.82, 2.24) is 15.6 Å². The van der Waals surface area contributed by atoms with Crippen molar-refractivity contribution in [3.63, 3.8) is 0 Å². The number of hydrogen-bond donors (Lipinski definition) is 2. The van der Waals surface area contributed by atoms with Gasteiger partial charge in [-0.15, -0.1) is 11.3 Å². The van der Waals surface area contributed by atoms with Crippen molar-refractivity contribution in [1.29, 1.82) is 5.26 Å².